The van der Waals surface area contributed by atoms with E-state index < -0.39 is 9.06 Å². The predicted molar refractivity (Wildman–Crippen MR) is 16.3 cm³/mol. The first kappa shape index (κ1) is 5.00. The van der Waals surface area contributed by atoms with E-state index in [-0.39, 0.29) is 0 Å². The number of halogens is 2. The Morgan fingerprint density at radius 3 is 1.20 bits per heavy atom. The molecule has 0 fully saturated rings. The van der Waals surface area contributed by atoms with Crippen molar-refractivity contribution in [3.05, 3.63) is 0 Å². The third-order valence-corrected chi connectivity index (χ3v) is 0. The van der Waals surface area contributed by atoms with Crippen LogP contribution in [0.1, 0.15) is 0 Å². The van der Waals surface area contributed by atoms with Crippen molar-refractivity contribution in [3.8, 4) is 0 Å². The summed E-state index contributed by atoms with van der Waals surface area (Å²) in [7, 11) is -4.61. The van der Waals surface area contributed by atoms with Gasteiger partial charge in [-0.15, -0.1) is 0 Å². The topological polar surface area (TPSA) is 52.0 Å². The van der Waals surface area contributed by atoms with E-state index in [0.29, 0.717) is 0 Å². The van der Waals surface area contributed by atoms with E-state index in [2.05, 4.69) is 10.8 Å². The van der Waals surface area contributed by atoms with Gasteiger partial charge in [0.05, 0.1) is 0 Å². The molecule has 0 saturated heterocycles. The summed E-state index contributed by atoms with van der Waals surface area (Å²) in [6.07, 6.45) is 0. The molecule has 2 nitrogen and oxygen atoms in total. The maximum Gasteiger partial charge on any atom is 0.588 e. The third kappa shape index (κ3) is 1640000. The van der Waals surface area contributed by atoms with Crippen LogP contribution in [0.3, 0.4) is 0 Å². The van der Waals surface area contributed by atoms with Gasteiger partial charge in [0.15, 0.2) is 0 Å². The molecule has 0 unspecified atom stereocenters. The minimum absolute atomic E-state index is 3.94. The summed E-state index contributed by atoms with van der Waals surface area (Å²) in [4.78, 5) is 0. The predicted octanol–water partition coefficient (Wildman–Crippen LogP) is -0.722. The van der Waals surface area contributed by atoms with E-state index in [9.17, 15) is 8.22 Å². The molecule has 0 rings (SSSR count). The molecule has 0 atom stereocenters. The highest BCUT2D eigenvalue weighted by molar-refractivity contribution is 6.58. The molecule has 0 heterocycles. The monoisotopic (exact) mass is 98.0 g/mol. The molecule has 5 heavy (non-hydrogen) atoms. The van der Waals surface area contributed by atoms with E-state index >= 15 is 0 Å². The largest absolute Gasteiger partial charge is 0.588 e. The van der Waals surface area contributed by atoms with Crippen LogP contribution in [0, 0.1) is 0 Å². The van der Waals surface area contributed by atoms with Crippen molar-refractivity contribution in [2.24, 2.45) is 10.8 Å². The van der Waals surface area contributed by atoms with Gasteiger partial charge in [-0.2, -0.15) is 0 Å². The summed E-state index contributed by atoms with van der Waals surface area (Å²) in [5.74, 6) is 0. The van der Waals surface area contributed by atoms with E-state index in [0.717, 1.165) is 0 Å². The van der Waals surface area contributed by atoms with Gasteiger partial charge in [0.25, 0.3) is 0 Å². The van der Waals surface area contributed by atoms with Gasteiger partial charge in [0.2, 0.25) is 0 Å². The Balaban J connectivity index is 3.02. The Labute approximate surface area is 29.3 Å². The van der Waals surface area contributed by atoms with Crippen molar-refractivity contribution in [1.82, 2.24) is 0 Å². The molecular formula is H4F2N2Si. The maximum atomic E-state index is 10.7. The Morgan fingerprint density at radius 2 is 1.20 bits per heavy atom. The molecule has 4 N–H and O–H groups in total. The van der Waals surface area contributed by atoms with Crippen molar-refractivity contribution < 1.29 is 8.22 Å². The van der Waals surface area contributed by atoms with Gasteiger partial charge in [-0.1, -0.05) is 0 Å². The molecule has 0 aliphatic heterocycles. The van der Waals surface area contributed by atoms with Crippen molar-refractivity contribution >= 4 is 9.06 Å². The van der Waals surface area contributed by atoms with E-state index in [1.165, 1.54) is 0 Å². The molecule has 0 radical (unpaired) electrons. The quantitative estimate of drug-likeness (QED) is 0.310. The molecule has 0 spiro atoms. The zero-order chi connectivity index (χ0) is 4.50. The van der Waals surface area contributed by atoms with Crippen molar-refractivity contribution in [1.29, 1.82) is 0 Å². The lowest BCUT2D eigenvalue weighted by Gasteiger charge is -1.88. The second-order valence-electron chi connectivity index (χ2n) is 0.675. The molecular weight excluding hydrogens is 94.1 g/mol. The fraction of sp³-hybridized carbons (Fsp3) is 0. The van der Waals surface area contributed by atoms with Crippen LogP contribution in [-0.4, -0.2) is 9.06 Å². The Morgan fingerprint density at radius 1 is 1.20 bits per heavy atom. The molecule has 0 aromatic heterocycles. The van der Waals surface area contributed by atoms with Gasteiger partial charge < -0.3 is 0 Å². The summed E-state index contributed by atoms with van der Waals surface area (Å²) in [6, 6.07) is 0. The lowest BCUT2D eigenvalue weighted by Crippen LogP contribution is -2.46. The first-order valence-corrected chi connectivity index (χ1v) is 2.87. The highest BCUT2D eigenvalue weighted by Gasteiger charge is 2.21. The minimum atomic E-state index is -4.61. The second kappa shape index (κ2) is 0.998. The Bertz CT molecular complexity index is 23.1. The van der Waals surface area contributed by atoms with E-state index in [1.807, 2.05) is 0 Å². The van der Waals surface area contributed by atoms with E-state index in [1.54, 1.807) is 0 Å². The number of hydrogen-bond acceptors (Lipinski definition) is 2. The lowest BCUT2D eigenvalue weighted by atomic mass is 13.9. The summed E-state index contributed by atoms with van der Waals surface area (Å²) in [6.45, 7) is 0. The minimum Gasteiger partial charge on any atom is -0.287 e. The van der Waals surface area contributed by atoms with Gasteiger partial charge in [-0.05, 0) is 0 Å². The number of nitrogens with two attached hydrogens (primary N) is 2. The average Bonchev–Trinajstić information content (AvgIpc) is 0.722. The molecule has 0 saturated carbocycles. The summed E-state index contributed by atoms with van der Waals surface area (Å²) < 4.78 is 21.4. The van der Waals surface area contributed by atoms with Gasteiger partial charge in [-0.25, -0.2) is 8.22 Å². The first-order chi connectivity index (χ1) is 2.00. The third-order valence-electron chi connectivity index (χ3n) is 0. The molecule has 0 bridgehead atoms. The van der Waals surface area contributed by atoms with E-state index in [4.69, 9.17) is 0 Å². The van der Waals surface area contributed by atoms with Crippen LogP contribution in [0.2, 0.25) is 0 Å². The Hall–Kier alpha value is -0.00312. The molecule has 0 aromatic rings. The fourth-order valence-corrected chi connectivity index (χ4v) is 0. The normalized spacial score (nSPS) is 12.0. The Kier molecular flexibility index (Phi) is 0.998. The highest BCUT2D eigenvalue weighted by atomic mass is 28.4. The summed E-state index contributed by atoms with van der Waals surface area (Å²) >= 11 is 0. The van der Waals surface area contributed by atoms with Crippen LogP contribution in [-0.2, 0) is 0 Å². The van der Waals surface area contributed by atoms with Crippen LogP contribution in [0.25, 0.3) is 0 Å². The van der Waals surface area contributed by atoms with Gasteiger partial charge in [0.1, 0.15) is 0 Å². The second-order valence-corrected chi connectivity index (χ2v) is 2.02. The first-order valence-electron chi connectivity index (χ1n) is 0.955. The molecule has 5 heteroatoms. The van der Waals surface area contributed by atoms with Crippen molar-refractivity contribution in [2.75, 3.05) is 0 Å². The molecule has 0 amide bonds. The smallest absolute Gasteiger partial charge is 0.287 e. The zero-order valence-electron chi connectivity index (χ0n) is 2.41. The van der Waals surface area contributed by atoms with Crippen LogP contribution >= 0.6 is 0 Å². The van der Waals surface area contributed by atoms with Gasteiger partial charge in [-0.3, -0.25) is 10.8 Å². The standard InChI is InChI=1S/F2H4N2Si/c1-5(2,3)4/h3-4H2. The molecule has 32 valence electrons. The van der Waals surface area contributed by atoms with Crippen LogP contribution in [0.5, 0.6) is 0 Å². The number of rotatable bonds is 0. The fourth-order valence-electron chi connectivity index (χ4n) is 0. The van der Waals surface area contributed by atoms with Gasteiger partial charge >= 0.3 is 9.06 Å². The molecule has 0 aromatic carbocycles. The van der Waals surface area contributed by atoms with Crippen LogP contribution < -0.4 is 10.8 Å². The number of hydrogen-bond donors (Lipinski definition) is 2. The van der Waals surface area contributed by atoms with Crippen molar-refractivity contribution in [2.45, 2.75) is 0 Å². The summed E-state index contributed by atoms with van der Waals surface area (Å²) in [5.41, 5.74) is 0. The molecule has 0 aliphatic carbocycles. The maximum absolute atomic E-state index is 10.7. The molecule has 0 aliphatic rings. The van der Waals surface area contributed by atoms with Gasteiger partial charge in [0, 0.05) is 0 Å². The summed E-state index contributed by atoms with van der Waals surface area (Å²) in [5, 5.41) is 7.88. The van der Waals surface area contributed by atoms with Crippen molar-refractivity contribution in [3.63, 3.8) is 0 Å². The van der Waals surface area contributed by atoms with Crippen LogP contribution in [0.4, 0.5) is 8.22 Å². The lowest BCUT2D eigenvalue weighted by molar-refractivity contribution is 0.603. The highest BCUT2D eigenvalue weighted by Crippen LogP contribution is 1.79. The SMILES string of the molecule is N[Si](N)(F)F. The average molecular weight is 98.1 g/mol. The van der Waals surface area contributed by atoms with Crippen LogP contribution in [0.15, 0.2) is 0 Å². The zero-order valence-corrected chi connectivity index (χ0v) is 3.41.